The van der Waals surface area contributed by atoms with Crippen molar-refractivity contribution in [3.8, 4) is 0 Å². The molecule has 1 atom stereocenters. The molecule has 9 heavy (non-hydrogen) atoms. The molecule has 0 nitrogen and oxygen atoms in total. The van der Waals surface area contributed by atoms with E-state index in [1.807, 2.05) is 0 Å². The van der Waals surface area contributed by atoms with Gasteiger partial charge in [-0.05, 0) is 0 Å². The first-order valence-corrected chi connectivity index (χ1v) is 2.89. The minimum Gasteiger partial charge on any atom is -0.233 e. The lowest BCUT2D eigenvalue weighted by Crippen LogP contribution is -2.11. The Hall–Kier alpha value is -0.0600. The van der Waals surface area contributed by atoms with Crippen molar-refractivity contribution < 1.29 is 17.6 Å². The summed E-state index contributed by atoms with van der Waals surface area (Å²) < 4.78 is 45.8. The molecule has 5 heteroatoms. The third-order valence-corrected chi connectivity index (χ3v) is 1.03. The van der Waals surface area contributed by atoms with E-state index >= 15 is 0 Å². The molecule has 0 heterocycles. The van der Waals surface area contributed by atoms with Crippen LogP contribution in [0.3, 0.4) is 0 Å². The average Bonchev–Trinajstić information content (AvgIpc) is 1.84. The van der Waals surface area contributed by atoms with E-state index in [0.717, 1.165) is 0 Å². The van der Waals surface area contributed by atoms with Crippen LogP contribution in [0, 0.1) is 0 Å². The Labute approximate surface area is 57.7 Å². The molecule has 0 bridgehead atoms. The van der Waals surface area contributed by atoms with Gasteiger partial charge in [0.2, 0.25) is 6.17 Å². The molecule has 54 valence electrons. The van der Waals surface area contributed by atoms with Crippen molar-refractivity contribution in [2.75, 3.05) is 0 Å². The van der Waals surface area contributed by atoms with Gasteiger partial charge in [-0.25, -0.2) is 17.6 Å². The minimum atomic E-state index is -3.29. The summed E-state index contributed by atoms with van der Waals surface area (Å²) in [4.78, 5) is 0.490. The van der Waals surface area contributed by atoms with Crippen molar-refractivity contribution >= 4 is 15.9 Å². The highest BCUT2D eigenvalue weighted by Gasteiger charge is 2.23. The monoisotopic (exact) mass is 206 g/mol. The summed E-state index contributed by atoms with van der Waals surface area (Å²) in [6, 6.07) is 0. The van der Waals surface area contributed by atoms with Crippen LogP contribution in [-0.4, -0.2) is 12.6 Å². The van der Waals surface area contributed by atoms with Gasteiger partial charge < -0.3 is 0 Å². The molecule has 0 rings (SSSR count). The quantitative estimate of drug-likeness (QED) is 0.610. The molecule has 0 aromatic carbocycles. The van der Waals surface area contributed by atoms with E-state index in [1.54, 1.807) is 0 Å². The Kier molecular flexibility index (Phi) is 3.84. The number of hydrogen-bond donors (Lipinski definition) is 0. The van der Waals surface area contributed by atoms with Crippen LogP contribution in [0.15, 0.2) is 10.8 Å². The normalized spacial score (nSPS) is 16.4. The molecule has 0 radical (unpaired) electrons. The van der Waals surface area contributed by atoms with E-state index in [9.17, 15) is 17.6 Å². The van der Waals surface area contributed by atoms with E-state index < -0.39 is 18.4 Å². The topological polar surface area (TPSA) is 0 Å². The van der Waals surface area contributed by atoms with Crippen LogP contribution in [0.5, 0.6) is 0 Å². The molecular formula is C4H3BrF4. The van der Waals surface area contributed by atoms with Crippen LogP contribution in [0.1, 0.15) is 0 Å². The lowest BCUT2D eigenvalue weighted by atomic mass is 10.4. The average molecular weight is 207 g/mol. The molecule has 0 N–H and O–H groups in total. The zero-order valence-electron chi connectivity index (χ0n) is 4.12. The molecule has 1 unspecified atom stereocenters. The molecule has 0 spiro atoms. The predicted octanol–water partition coefficient (Wildman–Crippen LogP) is 2.80. The molecule has 0 aromatic rings. The van der Waals surface area contributed by atoms with Gasteiger partial charge in [0.05, 0.1) is 0 Å². The maximum absolute atomic E-state index is 11.7. The first-order chi connectivity index (χ1) is 4.09. The number of alkyl halides is 3. The van der Waals surface area contributed by atoms with E-state index in [0.29, 0.717) is 4.99 Å². The van der Waals surface area contributed by atoms with Gasteiger partial charge in [-0.1, -0.05) is 15.9 Å². The van der Waals surface area contributed by atoms with E-state index in [-0.39, 0.29) is 0 Å². The molecular weight excluding hydrogens is 204 g/mol. The summed E-state index contributed by atoms with van der Waals surface area (Å²) >= 11 is 2.37. The maximum Gasteiger partial charge on any atom is 0.275 e. The lowest BCUT2D eigenvalue weighted by Gasteiger charge is -2.00. The highest BCUT2D eigenvalue weighted by Crippen LogP contribution is 2.17. The van der Waals surface area contributed by atoms with E-state index in [1.165, 1.54) is 0 Å². The highest BCUT2D eigenvalue weighted by atomic mass is 79.9. The predicted molar refractivity (Wildman–Crippen MR) is 29.0 cm³/mol. The smallest absolute Gasteiger partial charge is 0.233 e. The largest absolute Gasteiger partial charge is 0.275 e. The Bertz CT molecular complexity index is 111. The number of hydrogen-bond acceptors (Lipinski definition) is 0. The fourth-order valence-electron chi connectivity index (χ4n) is 0.181. The molecule has 0 amide bonds. The van der Waals surface area contributed by atoms with Gasteiger partial charge in [-0.15, -0.1) is 0 Å². The molecule has 0 aromatic heterocycles. The molecule has 0 saturated heterocycles. The van der Waals surface area contributed by atoms with Crippen LogP contribution in [0.2, 0.25) is 0 Å². The summed E-state index contributed by atoms with van der Waals surface area (Å²) in [5.74, 6) is -1.50. The molecule has 0 aliphatic rings. The van der Waals surface area contributed by atoms with Gasteiger partial charge in [-0.2, -0.15) is 0 Å². The van der Waals surface area contributed by atoms with Gasteiger partial charge in [0.1, 0.15) is 5.83 Å². The van der Waals surface area contributed by atoms with Crippen LogP contribution in [-0.2, 0) is 0 Å². The first kappa shape index (κ1) is 8.94. The zero-order chi connectivity index (χ0) is 7.44. The van der Waals surface area contributed by atoms with Crippen molar-refractivity contribution in [3.05, 3.63) is 10.8 Å². The summed E-state index contributed by atoms with van der Waals surface area (Å²) in [6.07, 6.45) is -6.09. The standard InChI is InChI=1S/C4H3BrF4/c5-1-2(6)3(7)4(8)9/h1,3-4H/b2-1-. The second-order valence-electron chi connectivity index (χ2n) is 1.23. The van der Waals surface area contributed by atoms with Gasteiger partial charge in [0, 0.05) is 4.99 Å². The summed E-state index contributed by atoms with van der Waals surface area (Å²) in [7, 11) is 0. The highest BCUT2D eigenvalue weighted by molar-refractivity contribution is 9.11. The minimum absolute atomic E-state index is 0.490. The van der Waals surface area contributed by atoms with Gasteiger partial charge in [0.15, 0.2) is 0 Å². The summed E-state index contributed by atoms with van der Waals surface area (Å²) in [5, 5.41) is 0. The fourth-order valence-corrected chi connectivity index (χ4v) is 0.433. The second kappa shape index (κ2) is 3.87. The third-order valence-electron chi connectivity index (χ3n) is 0.589. The second-order valence-corrected chi connectivity index (χ2v) is 1.69. The Balaban J connectivity index is 3.88. The first-order valence-electron chi connectivity index (χ1n) is 1.97. The van der Waals surface area contributed by atoms with Gasteiger partial charge in [-0.3, -0.25) is 0 Å². The Morgan fingerprint density at radius 3 is 1.89 bits per heavy atom. The van der Waals surface area contributed by atoms with Gasteiger partial charge >= 0.3 is 0 Å². The van der Waals surface area contributed by atoms with Crippen molar-refractivity contribution in [3.63, 3.8) is 0 Å². The van der Waals surface area contributed by atoms with Crippen molar-refractivity contribution in [1.82, 2.24) is 0 Å². The fraction of sp³-hybridized carbons (Fsp3) is 0.500. The third kappa shape index (κ3) is 2.84. The van der Waals surface area contributed by atoms with E-state index in [2.05, 4.69) is 15.9 Å². The van der Waals surface area contributed by atoms with Gasteiger partial charge in [0.25, 0.3) is 6.43 Å². The Morgan fingerprint density at radius 1 is 1.33 bits per heavy atom. The van der Waals surface area contributed by atoms with E-state index in [4.69, 9.17) is 0 Å². The van der Waals surface area contributed by atoms with Crippen LogP contribution in [0.4, 0.5) is 17.6 Å². The number of allylic oxidation sites excluding steroid dienone is 1. The zero-order valence-corrected chi connectivity index (χ0v) is 5.71. The molecule has 0 saturated carbocycles. The summed E-state index contributed by atoms with van der Waals surface area (Å²) in [6.45, 7) is 0. The number of halogens is 5. The lowest BCUT2D eigenvalue weighted by molar-refractivity contribution is 0.0581. The molecule has 0 fully saturated rings. The summed E-state index contributed by atoms with van der Waals surface area (Å²) in [5.41, 5.74) is 0. The van der Waals surface area contributed by atoms with Crippen molar-refractivity contribution in [2.24, 2.45) is 0 Å². The van der Waals surface area contributed by atoms with Crippen LogP contribution >= 0.6 is 15.9 Å². The van der Waals surface area contributed by atoms with Crippen LogP contribution < -0.4 is 0 Å². The molecule has 0 aliphatic carbocycles. The maximum atomic E-state index is 11.7. The van der Waals surface area contributed by atoms with Crippen LogP contribution in [0.25, 0.3) is 0 Å². The van der Waals surface area contributed by atoms with Crippen molar-refractivity contribution in [1.29, 1.82) is 0 Å². The number of rotatable bonds is 2. The SMILES string of the molecule is F/C(=C\Br)C(F)C(F)F. The Morgan fingerprint density at radius 2 is 1.78 bits per heavy atom. The molecule has 0 aliphatic heterocycles. The van der Waals surface area contributed by atoms with Crippen molar-refractivity contribution in [2.45, 2.75) is 12.6 Å².